The zero-order valence-electron chi connectivity index (χ0n) is 17.8. The van der Waals surface area contributed by atoms with Crippen molar-refractivity contribution in [1.29, 1.82) is 0 Å². The number of nitrogens with zero attached hydrogens (tertiary/aromatic N) is 5. The fraction of sp³-hybridized carbons (Fsp3) is 0.125. The summed E-state index contributed by atoms with van der Waals surface area (Å²) in [4.78, 5) is 26.4. The molecule has 0 bridgehead atoms. The molecule has 8 nitrogen and oxygen atoms in total. The molecule has 32 heavy (non-hydrogen) atoms. The van der Waals surface area contributed by atoms with Crippen LogP contribution in [0.5, 0.6) is 0 Å². The lowest BCUT2D eigenvalue weighted by atomic mass is 10.1. The van der Waals surface area contributed by atoms with Gasteiger partial charge in [0.05, 0.1) is 11.5 Å². The van der Waals surface area contributed by atoms with Crippen LogP contribution in [0, 0.1) is 24.0 Å². The predicted octanol–water partition coefficient (Wildman–Crippen LogP) is 5.48. The van der Waals surface area contributed by atoms with Crippen molar-refractivity contribution in [2.45, 2.75) is 20.4 Å². The molecule has 4 rings (SSSR count). The van der Waals surface area contributed by atoms with Crippen LogP contribution in [0.25, 0.3) is 0 Å². The van der Waals surface area contributed by atoms with Crippen molar-refractivity contribution in [2.24, 2.45) is 0 Å². The predicted molar refractivity (Wildman–Crippen MR) is 124 cm³/mol. The maximum Gasteiger partial charge on any atom is 0.354 e. The van der Waals surface area contributed by atoms with E-state index in [0.29, 0.717) is 12.4 Å². The van der Waals surface area contributed by atoms with E-state index in [4.69, 9.17) is 0 Å². The summed E-state index contributed by atoms with van der Waals surface area (Å²) < 4.78 is 0. The van der Waals surface area contributed by atoms with E-state index in [-0.39, 0.29) is 17.3 Å². The lowest BCUT2D eigenvalue weighted by molar-refractivity contribution is -0.383. The van der Waals surface area contributed by atoms with Gasteiger partial charge in [-0.15, -0.1) is 0 Å². The first-order chi connectivity index (χ1) is 15.5. The number of rotatable bonds is 7. The SMILES string of the molecule is Cc1cccc(Nc2ncnc(N(Cc3ccccc3)c3ccccn3)c2[N+](=O)[O-])c1C. The van der Waals surface area contributed by atoms with Gasteiger partial charge in [-0.25, -0.2) is 15.0 Å². The first kappa shape index (κ1) is 20.9. The number of aryl methyl sites for hydroxylation is 1. The third kappa shape index (κ3) is 4.39. The standard InChI is InChI=1S/C24H22N6O2/c1-17-9-8-12-20(18(17)2)28-23-22(30(31)32)24(27-16-26-23)29(21-13-6-7-14-25-21)15-19-10-4-3-5-11-19/h3-14,16H,15H2,1-2H3,(H,26,27,28). The summed E-state index contributed by atoms with van der Waals surface area (Å²) in [5.41, 5.74) is 3.58. The maximum atomic E-state index is 12.2. The number of hydrogen-bond donors (Lipinski definition) is 1. The number of hydrogen-bond acceptors (Lipinski definition) is 7. The van der Waals surface area contributed by atoms with E-state index in [2.05, 4.69) is 20.3 Å². The fourth-order valence-electron chi connectivity index (χ4n) is 3.38. The van der Waals surface area contributed by atoms with E-state index in [1.54, 1.807) is 23.2 Å². The van der Waals surface area contributed by atoms with Crippen LogP contribution < -0.4 is 10.2 Å². The van der Waals surface area contributed by atoms with Crippen LogP contribution in [0.1, 0.15) is 16.7 Å². The number of aromatic nitrogens is 3. The second-order valence-electron chi connectivity index (χ2n) is 7.28. The first-order valence-electron chi connectivity index (χ1n) is 10.1. The molecule has 0 aliphatic carbocycles. The van der Waals surface area contributed by atoms with E-state index >= 15 is 0 Å². The number of anilines is 4. The summed E-state index contributed by atoms with van der Waals surface area (Å²) in [6.45, 7) is 4.31. The molecular weight excluding hydrogens is 404 g/mol. The van der Waals surface area contributed by atoms with Crippen LogP contribution in [-0.2, 0) is 6.54 Å². The molecule has 8 heteroatoms. The highest BCUT2D eigenvalue weighted by Gasteiger charge is 2.29. The minimum absolute atomic E-state index is 0.127. The van der Waals surface area contributed by atoms with Crippen molar-refractivity contribution < 1.29 is 4.92 Å². The third-order valence-electron chi connectivity index (χ3n) is 5.21. The monoisotopic (exact) mass is 426 g/mol. The van der Waals surface area contributed by atoms with Crippen molar-refractivity contribution in [2.75, 3.05) is 10.2 Å². The molecule has 2 heterocycles. The zero-order valence-corrected chi connectivity index (χ0v) is 17.8. The van der Waals surface area contributed by atoms with Gasteiger partial charge in [0, 0.05) is 11.9 Å². The second kappa shape index (κ2) is 9.22. The highest BCUT2D eigenvalue weighted by Crippen LogP contribution is 2.37. The van der Waals surface area contributed by atoms with Gasteiger partial charge in [0.15, 0.2) is 0 Å². The molecule has 0 spiro atoms. The highest BCUT2D eigenvalue weighted by molar-refractivity contribution is 5.78. The maximum absolute atomic E-state index is 12.2. The minimum atomic E-state index is -0.455. The number of benzene rings is 2. The minimum Gasteiger partial charge on any atom is -0.334 e. The summed E-state index contributed by atoms with van der Waals surface area (Å²) in [6, 6.07) is 20.9. The van der Waals surface area contributed by atoms with Crippen LogP contribution >= 0.6 is 0 Å². The van der Waals surface area contributed by atoms with Crippen molar-refractivity contribution >= 4 is 28.8 Å². The van der Waals surface area contributed by atoms with Gasteiger partial charge in [0.2, 0.25) is 11.6 Å². The summed E-state index contributed by atoms with van der Waals surface area (Å²) in [7, 11) is 0. The lowest BCUT2D eigenvalue weighted by Gasteiger charge is -2.23. The summed E-state index contributed by atoms with van der Waals surface area (Å²) in [6.07, 6.45) is 2.98. The van der Waals surface area contributed by atoms with Gasteiger partial charge >= 0.3 is 5.69 Å². The molecule has 0 saturated carbocycles. The van der Waals surface area contributed by atoms with E-state index in [1.165, 1.54) is 6.33 Å². The zero-order chi connectivity index (χ0) is 22.5. The number of nitro groups is 1. The Kier molecular flexibility index (Phi) is 6.03. The molecule has 0 aliphatic rings. The molecule has 1 N–H and O–H groups in total. The molecule has 0 amide bonds. The summed E-state index contributed by atoms with van der Waals surface area (Å²) in [5, 5.41) is 15.3. The van der Waals surface area contributed by atoms with Gasteiger partial charge in [-0.1, -0.05) is 48.5 Å². The highest BCUT2D eigenvalue weighted by atomic mass is 16.6. The Balaban J connectivity index is 1.83. The van der Waals surface area contributed by atoms with Crippen molar-refractivity contribution in [3.8, 4) is 0 Å². The first-order valence-corrected chi connectivity index (χ1v) is 10.1. The quantitative estimate of drug-likeness (QED) is 0.309. The Morgan fingerprint density at radius 1 is 0.938 bits per heavy atom. The molecule has 0 radical (unpaired) electrons. The van der Waals surface area contributed by atoms with Gasteiger partial charge in [-0.05, 0) is 48.7 Å². The van der Waals surface area contributed by atoms with E-state index in [1.807, 2.05) is 68.4 Å². The van der Waals surface area contributed by atoms with Crippen LogP contribution in [0.2, 0.25) is 0 Å². The smallest absolute Gasteiger partial charge is 0.334 e. The Labute approximate surface area is 185 Å². The number of nitrogens with one attached hydrogen (secondary N) is 1. The van der Waals surface area contributed by atoms with Gasteiger partial charge in [-0.2, -0.15) is 0 Å². The third-order valence-corrected chi connectivity index (χ3v) is 5.21. The molecule has 0 aliphatic heterocycles. The average molecular weight is 426 g/mol. The Bertz CT molecular complexity index is 1230. The van der Waals surface area contributed by atoms with Crippen molar-refractivity contribution in [1.82, 2.24) is 15.0 Å². The van der Waals surface area contributed by atoms with Crippen LogP contribution in [0.3, 0.4) is 0 Å². The Morgan fingerprint density at radius 2 is 1.72 bits per heavy atom. The average Bonchev–Trinajstić information content (AvgIpc) is 2.81. The lowest BCUT2D eigenvalue weighted by Crippen LogP contribution is -2.21. The van der Waals surface area contributed by atoms with Crippen LogP contribution in [0.15, 0.2) is 79.3 Å². The largest absolute Gasteiger partial charge is 0.354 e. The van der Waals surface area contributed by atoms with Crippen LogP contribution in [0.4, 0.5) is 28.8 Å². The molecule has 4 aromatic rings. The van der Waals surface area contributed by atoms with Crippen LogP contribution in [-0.4, -0.2) is 19.9 Å². The Morgan fingerprint density at radius 3 is 2.44 bits per heavy atom. The molecule has 160 valence electrons. The van der Waals surface area contributed by atoms with Gasteiger partial charge < -0.3 is 10.2 Å². The summed E-state index contributed by atoms with van der Waals surface area (Å²) >= 11 is 0. The Hall–Kier alpha value is -4.33. The molecular formula is C24H22N6O2. The number of pyridine rings is 1. The van der Waals surface area contributed by atoms with Crippen molar-refractivity contribution in [3.05, 3.63) is 106 Å². The van der Waals surface area contributed by atoms with E-state index in [0.717, 1.165) is 22.4 Å². The van der Waals surface area contributed by atoms with E-state index < -0.39 is 4.92 Å². The molecule has 0 fully saturated rings. The van der Waals surface area contributed by atoms with Gasteiger partial charge in [0.25, 0.3) is 0 Å². The molecule has 0 atom stereocenters. The molecule has 0 saturated heterocycles. The molecule has 2 aromatic heterocycles. The van der Waals surface area contributed by atoms with Gasteiger partial charge in [-0.3, -0.25) is 10.1 Å². The van der Waals surface area contributed by atoms with Crippen molar-refractivity contribution in [3.63, 3.8) is 0 Å². The summed E-state index contributed by atoms with van der Waals surface area (Å²) in [5.74, 6) is 0.846. The fourth-order valence-corrected chi connectivity index (χ4v) is 3.38. The van der Waals surface area contributed by atoms with E-state index in [9.17, 15) is 10.1 Å². The molecule has 2 aromatic carbocycles. The normalized spacial score (nSPS) is 10.6. The molecule has 0 unspecified atom stereocenters. The topological polar surface area (TPSA) is 97.1 Å². The van der Waals surface area contributed by atoms with Gasteiger partial charge in [0.1, 0.15) is 12.1 Å². The second-order valence-corrected chi connectivity index (χ2v) is 7.28.